The Labute approximate surface area is 209 Å². The highest BCUT2D eigenvalue weighted by molar-refractivity contribution is 7.85. The predicted octanol–water partition coefficient (Wildman–Crippen LogP) is 6.60. The molecule has 3 aromatic carbocycles. The van der Waals surface area contributed by atoms with Crippen LogP contribution in [0.2, 0.25) is 5.02 Å². The van der Waals surface area contributed by atoms with Gasteiger partial charge in [-0.25, -0.2) is 0 Å². The average molecular weight is 524 g/mol. The normalized spacial score (nSPS) is 13.2. The van der Waals surface area contributed by atoms with Gasteiger partial charge in [-0.2, -0.15) is 13.2 Å². The Bertz CT molecular complexity index is 1200. The maximum atomic E-state index is 13.7. The summed E-state index contributed by atoms with van der Waals surface area (Å²) in [6, 6.07) is 16.7. The van der Waals surface area contributed by atoms with Crippen LogP contribution in [0.25, 0.3) is 0 Å². The van der Waals surface area contributed by atoms with Crippen molar-refractivity contribution in [3.05, 3.63) is 94.0 Å². The third-order valence-corrected chi connectivity index (χ3v) is 7.70. The molecule has 4 nitrogen and oxygen atoms in total. The van der Waals surface area contributed by atoms with Crippen LogP contribution in [0.15, 0.2) is 71.6 Å². The number of ether oxygens (including phenoxy) is 1. The van der Waals surface area contributed by atoms with E-state index in [1.807, 2.05) is 6.07 Å². The molecule has 0 saturated carbocycles. The number of methoxy groups -OCH3 is 1. The third-order valence-electron chi connectivity index (χ3n) is 5.59. The number of aryl methyl sites for hydroxylation is 1. The van der Waals surface area contributed by atoms with E-state index in [1.54, 1.807) is 36.4 Å². The molecule has 0 bridgehead atoms. The van der Waals surface area contributed by atoms with Gasteiger partial charge in [-0.3, -0.25) is 9.00 Å². The number of amides is 1. The molecule has 0 aromatic heterocycles. The molecule has 0 aliphatic heterocycles. The zero-order valence-corrected chi connectivity index (χ0v) is 20.8. The van der Waals surface area contributed by atoms with Crippen LogP contribution in [0.5, 0.6) is 5.75 Å². The summed E-state index contributed by atoms with van der Waals surface area (Å²) in [6.07, 6.45) is -2.83. The van der Waals surface area contributed by atoms with Gasteiger partial charge in [0.15, 0.2) is 0 Å². The lowest BCUT2D eigenvalue weighted by Crippen LogP contribution is -2.21. The lowest BCUT2D eigenvalue weighted by Gasteiger charge is -2.20. The van der Waals surface area contributed by atoms with Crippen molar-refractivity contribution in [1.82, 2.24) is 5.32 Å². The topological polar surface area (TPSA) is 55.4 Å². The van der Waals surface area contributed by atoms with Crippen molar-refractivity contribution < 1.29 is 26.9 Å². The smallest absolute Gasteiger partial charge is 0.416 e. The summed E-state index contributed by atoms with van der Waals surface area (Å²) in [4.78, 5) is 12.7. The number of carbonyl (C=O) groups excluding carboxylic acids is 1. The molecule has 186 valence electrons. The summed E-state index contributed by atoms with van der Waals surface area (Å²) in [5.74, 6) is 0.179. The molecule has 0 fully saturated rings. The van der Waals surface area contributed by atoms with E-state index in [4.69, 9.17) is 16.3 Å². The van der Waals surface area contributed by atoms with Gasteiger partial charge in [0.1, 0.15) is 5.75 Å². The second kappa shape index (κ2) is 11.7. The van der Waals surface area contributed by atoms with Crippen LogP contribution in [0.1, 0.15) is 45.1 Å². The van der Waals surface area contributed by atoms with Crippen molar-refractivity contribution in [2.75, 3.05) is 14.2 Å². The molecule has 3 rings (SSSR count). The van der Waals surface area contributed by atoms with Crippen LogP contribution in [-0.4, -0.2) is 24.3 Å². The first kappa shape index (κ1) is 26.8. The number of hydrogen-bond acceptors (Lipinski definition) is 3. The van der Waals surface area contributed by atoms with Gasteiger partial charge >= 0.3 is 6.18 Å². The van der Waals surface area contributed by atoms with Crippen LogP contribution in [0, 0.1) is 0 Å². The first-order chi connectivity index (χ1) is 16.7. The van der Waals surface area contributed by atoms with Crippen molar-refractivity contribution >= 4 is 28.3 Å². The van der Waals surface area contributed by atoms with E-state index < -0.39 is 27.8 Å². The van der Waals surface area contributed by atoms with Crippen LogP contribution in [0.4, 0.5) is 13.2 Å². The van der Waals surface area contributed by atoms with E-state index in [0.717, 1.165) is 17.7 Å². The lowest BCUT2D eigenvalue weighted by molar-refractivity contribution is -0.137. The van der Waals surface area contributed by atoms with Gasteiger partial charge in [-0.15, -0.1) is 0 Å². The third kappa shape index (κ3) is 6.64. The summed E-state index contributed by atoms with van der Waals surface area (Å²) < 4.78 is 58.1. The second-order valence-corrected chi connectivity index (χ2v) is 9.85. The van der Waals surface area contributed by atoms with Crippen LogP contribution in [0.3, 0.4) is 0 Å². The van der Waals surface area contributed by atoms with Gasteiger partial charge in [0.25, 0.3) is 5.91 Å². The Balaban J connectivity index is 1.90. The Morgan fingerprint density at radius 1 is 1.09 bits per heavy atom. The molecule has 1 N–H and O–H groups in total. The van der Waals surface area contributed by atoms with Crippen molar-refractivity contribution in [1.29, 1.82) is 0 Å². The summed E-state index contributed by atoms with van der Waals surface area (Å²) in [5.41, 5.74) is 0.964. The van der Waals surface area contributed by atoms with E-state index in [0.29, 0.717) is 40.5 Å². The fourth-order valence-electron chi connectivity index (χ4n) is 3.76. The van der Waals surface area contributed by atoms with Crippen LogP contribution < -0.4 is 10.1 Å². The van der Waals surface area contributed by atoms with Gasteiger partial charge in [-0.1, -0.05) is 41.9 Å². The zero-order chi connectivity index (χ0) is 25.6. The number of benzene rings is 3. The Kier molecular flexibility index (Phi) is 8.97. The molecule has 1 amide bonds. The fraction of sp³-hybridized carbons (Fsp3) is 0.269. The number of hydrogen-bond donors (Lipinski definition) is 1. The van der Waals surface area contributed by atoms with Gasteiger partial charge in [0, 0.05) is 7.05 Å². The Hall–Kier alpha value is -2.84. The molecule has 2 atom stereocenters. The number of carbonyl (C=O) groups is 1. The summed E-state index contributed by atoms with van der Waals surface area (Å²) in [6.45, 7) is 0. The summed E-state index contributed by atoms with van der Waals surface area (Å²) in [7, 11) is 1.32. The SMILES string of the molecule is CNC(=O)c1ccccc1S(=O)[C@H](CCCc1ccc(OC)c(Cl)c1)c1ccc(C(F)(F)F)cc1. The van der Waals surface area contributed by atoms with Crippen LogP contribution >= 0.6 is 11.6 Å². The number of halogens is 4. The summed E-state index contributed by atoms with van der Waals surface area (Å²) >= 11 is 6.21. The molecule has 0 aliphatic carbocycles. The minimum Gasteiger partial charge on any atom is -0.495 e. The number of alkyl halides is 3. The molecule has 0 heterocycles. The fourth-order valence-corrected chi connectivity index (χ4v) is 5.72. The minimum absolute atomic E-state index is 0.271. The zero-order valence-electron chi connectivity index (χ0n) is 19.2. The molecular formula is C26H25ClF3NO3S. The van der Waals surface area contributed by atoms with Crippen molar-refractivity contribution in [2.24, 2.45) is 0 Å². The first-order valence-corrected chi connectivity index (χ1v) is 12.5. The van der Waals surface area contributed by atoms with E-state index >= 15 is 0 Å². The van der Waals surface area contributed by atoms with Crippen molar-refractivity contribution in [3.8, 4) is 5.75 Å². The molecule has 0 spiro atoms. The highest BCUT2D eigenvalue weighted by Gasteiger charge is 2.31. The number of rotatable bonds is 9. The maximum absolute atomic E-state index is 13.7. The second-order valence-electron chi connectivity index (χ2n) is 7.84. The van der Waals surface area contributed by atoms with E-state index in [2.05, 4.69) is 5.32 Å². The number of nitrogens with one attached hydrogen (secondary N) is 1. The molecule has 0 aliphatic rings. The molecule has 1 unspecified atom stereocenters. The van der Waals surface area contributed by atoms with Crippen molar-refractivity contribution in [3.63, 3.8) is 0 Å². The van der Waals surface area contributed by atoms with Gasteiger partial charge in [-0.05, 0) is 66.8 Å². The standard InChI is InChI=1S/C26H25ClF3NO3S/c1-31-25(32)20-7-3-4-8-24(20)35(33)23(18-11-13-19(14-12-18)26(28,29)30)9-5-6-17-10-15-22(34-2)21(27)16-17/h3-4,7-8,10-16,23H,5-6,9H2,1-2H3,(H,31,32)/t23-,35?/m1/s1. The summed E-state index contributed by atoms with van der Waals surface area (Å²) in [5, 5.41) is 2.40. The van der Waals surface area contributed by atoms with E-state index in [1.165, 1.54) is 26.3 Å². The lowest BCUT2D eigenvalue weighted by atomic mass is 10.0. The maximum Gasteiger partial charge on any atom is 0.416 e. The minimum atomic E-state index is -4.47. The first-order valence-electron chi connectivity index (χ1n) is 10.9. The Morgan fingerprint density at radius 2 is 1.77 bits per heavy atom. The van der Waals surface area contributed by atoms with Gasteiger partial charge in [0.05, 0.1) is 44.2 Å². The van der Waals surface area contributed by atoms with Crippen LogP contribution in [-0.2, 0) is 23.4 Å². The highest BCUT2D eigenvalue weighted by Crippen LogP contribution is 2.35. The molecule has 3 aromatic rings. The van der Waals surface area contributed by atoms with E-state index in [9.17, 15) is 22.2 Å². The van der Waals surface area contributed by atoms with Crippen molar-refractivity contribution in [2.45, 2.75) is 35.6 Å². The molecule has 35 heavy (non-hydrogen) atoms. The largest absolute Gasteiger partial charge is 0.495 e. The monoisotopic (exact) mass is 523 g/mol. The molecule has 9 heteroatoms. The molecule has 0 saturated heterocycles. The molecule has 0 radical (unpaired) electrons. The average Bonchev–Trinajstić information content (AvgIpc) is 2.85. The van der Waals surface area contributed by atoms with Gasteiger partial charge in [0.2, 0.25) is 0 Å². The highest BCUT2D eigenvalue weighted by atomic mass is 35.5. The van der Waals surface area contributed by atoms with E-state index in [-0.39, 0.29) is 11.5 Å². The predicted molar refractivity (Wildman–Crippen MR) is 131 cm³/mol. The Morgan fingerprint density at radius 3 is 2.37 bits per heavy atom. The quantitative estimate of drug-likeness (QED) is 0.344. The molecular weight excluding hydrogens is 499 g/mol. The van der Waals surface area contributed by atoms with Gasteiger partial charge < -0.3 is 10.1 Å².